The molecule has 0 aliphatic carbocycles. The van der Waals surface area contributed by atoms with Gasteiger partial charge in [-0.25, -0.2) is 5.01 Å². The van der Waals surface area contributed by atoms with Gasteiger partial charge < -0.3 is 0 Å². The Kier molecular flexibility index (Phi) is 4.27. The van der Waals surface area contributed by atoms with Gasteiger partial charge in [-0.15, -0.1) is 12.6 Å². The van der Waals surface area contributed by atoms with Crippen molar-refractivity contribution in [2.45, 2.75) is 30.6 Å². The fraction of sp³-hybridized carbons (Fsp3) is 0.538. The van der Waals surface area contributed by atoms with Crippen LogP contribution < -0.4 is 5.84 Å². The molecule has 1 atom stereocenters. The maximum atomic E-state index is 5.92. The van der Waals surface area contributed by atoms with E-state index in [2.05, 4.69) is 36.9 Å². The van der Waals surface area contributed by atoms with Gasteiger partial charge in [0.15, 0.2) is 0 Å². The van der Waals surface area contributed by atoms with Crippen molar-refractivity contribution >= 4 is 12.6 Å². The molecule has 0 aromatic heterocycles. The standard InChI is InChI=1S/C13H20N2S/c14-15-8-2-1-3-12(10-15)9-11-4-6-13(16)7-5-11/h4-7,12,16H,1-3,8-10,14H2. The average Bonchev–Trinajstić information content (AvgIpc) is 2.46. The first-order valence-corrected chi connectivity index (χ1v) is 6.46. The largest absolute Gasteiger partial charge is 0.269 e. The van der Waals surface area contributed by atoms with E-state index in [0.717, 1.165) is 24.4 Å². The molecule has 1 aromatic rings. The summed E-state index contributed by atoms with van der Waals surface area (Å²) < 4.78 is 0. The highest BCUT2D eigenvalue weighted by Gasteiger charge is 2.16. The Balaban J connectivity index is 1.95. The van der Waals surface area contributed by atoms with E-state index in [4.69, 9.17) is 5.84 Å². The Bertz CT molecular complexity index is 323. The Labute approximate surface area is 103 Å². The minimum absolute atomic E-state index is 0.707. The molecule has 1 aliphatic heterocycles. The summed E-state index contributed by atoms with van der Waals surface area (Å²) in [4.78, 5) is 1.03. The number of hydrogen-bond acceptors (Lipinski definition) is 3. The van der Waals surface area contributed by atoms with Crippen molar-refractivity contribution in [2.75, 3.05) is 13.1 Å². The molecule has 0 saturated carbocycles. The second-order valence-electron chi connectivity index (χ2n) is 4.73. The van der Waals surface area contributed by atoms with E-state index in [0.29, 0.717) is 5.92 Å². The lowest BCUT2D eigenvalue weighted by Gasteiger charge is -2.19. The van der Waals surface area contributed by atoms with Crippen LogP contribution in [-0.4, -0.2) is 18.1 Å². The lowest BCUT2D eigenvalue weighted by Crippen LogP contribution is -2.35. The minimum Gasteiger partial charge on any atom is -0.269 e. The first-order chi connectivity index (χ1) is 7.74. The van der Waals surface area contributed by atoms with Gasteiger partial charge >= 0.3 is 0 Å². The van der Waals surface area contributed by atoms with E-state index in [9.17, 15) is 0 Å². The molecule has 2 rings (SSSR count). The Hall–Kier alpha value is -0.510. The number of nitrogens with two attached hydrogens (primary N) is 1. The highest BCUT2D eigenvalue weighted by atomic mass is 32.1. The van der Waals surface area contributed by atoms with Crippen molar-refractivity contribution in [3.8, 4) is 0 Å². The van der Waals surface area contributed by atoms with Crippen LogP contribution in [0.3, 0.4) is 0 Å². The molecule has 0 bridgehead atoms. The van der Waals surface area contributed by atoms with Crippen LogP contribution in [-0.2, 0) is 6.42 Å². The van der Waals surface area contributed by atoms with E-state index in [-0.39, 0.29) is 0 Å². The van der Waals surface area contributed by atoms with Gasteiger partial charge in [-0.2, -0.15) is 0 Å². The third kappa shape index (κ3) is 3.51. The molecule has 1 unspecified atom stereocenters. The van der Waals surface area contributed by atoms with E-state index >= 15 is 0 Å². The molecule has 16 heavy (non-hydrogen) atoms. The maximum Gasteiger partial charge on any atom is 0.0160 e. The van der Waals surface area contributed by atoms with Crippen LogP contribution in [0.1, 0.15) is 24.8 Å². The molecule has 2 N–H and O–H groups in total. The zero-order valence-electron chi connectivity index (χ0n) is 9.60. The first kappa shape index (κ1) is 12.0. The Morgan fingerprint density at radius 1 is 1.25 bits per heavy atom. The topological polar surface area (TPSA) is 29.3 Å². The van der Waals surface area contributed by atoms with Crippen LogP contribution in [0.15, 0.2) is 29.2 Å². The fourth-order valence-corrected chi connectivity index (χ4v) is 2.54. The molecule has 0 amide bonds. The number of hydrazine groups is 1. The molecular formula is C13H20N2S. The average molecular weight is 236 g/mol. The lowest BCUT2D eigenvalue weighted by atomic mass is 9.95. The summed E-state index contributed by atoms with van der Waals surface area (Å²) in [6.07, 6.45) is 4.99. The van der Waals surface area contributed by atoms with Crippen LogP contribution >= 0.6 is 12.6 Å². The molecular weight excluding hydrogens is 216 g/mol. The van der Waals surface area contributed by atoms with Crippen LogP contribution in [0.4, 0.5) is 0 Å². The summed E-state index contributed by atoms with van der Waals surface area (Å²) in [5.41, 5.74) is 1.40. The van der Waals surface area contributed by atoms with Crippen molar-refractivity contribution in [1.82, 2.24) is 5.01 Å². The van der Waals surface area contributed by atoms with Crippen LogP contribution in [0, 0.1) is 5.92 Å². The summed E-state index contributed by atoms with van der Waals surface area (Å²) in [6, 6.07) is 8.48. The van der Waals surface area contributed by atoms with Gasteiger partial charge in [-0.05, 0) is 42.9 Å². The van der Waals surface area contributed by atoms with Gasteiger partial charge in [0.1, 0.15) is 0 Å². The predicted molar refractivity (Wildman–Crippen MR) is 70.5 cm³/mol. The summed E-state index contributed by atoms with van der Waals surface area (Å²) in [5.74, 6) is 6.63. The van der Waals surface area contributed by atoms with Crippen LogP contribution in [0.2, 0.25) is 0 Å². The number of benzene rings is 1. The van der Waals surface area contributed by atoms with Crippen molar-refractivity contribution in [3.63, 3.8) is 0 Å². The van der Waals surface area contributed by atoms with Gasteiger partial charge in [-0.1, -0.05) is 18.6 Å². The molecule has 88 valence electrons. The molecule has 2 nitrogen and oxygen atoms in total. The third-order valence-corrected chi connectivity index (χ3v) is 3.56. The molecule has 1 fully saturated rings. The number of nitrogens with zero attached hydrogens (tertiary/aromatic N) is 1. The van der Waals surface area contributed by atoms with Gasteiger partial charge in [0.25, 0.3) is 0 Å². The van der Waals surface area contributed by atoms with Gasteiger partial charge in [0, 0.05) is 18.0 Å². The highest BCUT2D eigenvalue weighted by Crippen LogP contribution is 2.20. The summed E-state index contributed by atoms with van der Waals surface area (Å²) in [7, 11) is 0. The molecule has 0 radical (unpaired) electrons. The first-order valence-electron chi connectivity index (χ1n) is 6.01. The molecule has 0 spiro atoms. The smallest absolute Gasteiger partial charge is 0.0160 e. The van der Waals surface area contributed by atoms with Crippen molar-refractivity contribution in [3.05, 3.63) is 29.8 Å². The second kappa shape index (κ2) is 5.71. The molecule has 1 aromatic carbocycles. The van der Waals surface area contributed by atoms with E-state index in [1.165, 1.54) is 24.8 Å². The molecule has 1 saturated heterocycles. The third-order valence-electron chi connectivity index (χ3n) is 3.26. The van der Waals surface area contributed by atoms with Crippen molar-refractivity contribution < 1.29 is 0 Å². The van der Waals surface area contributed by atoms with Gasteiger partial charge in [0.2, 0.25) is 0 Å². The quantitative estimate of drug-likeness (QED) is 0.610. The minimum atomic E-state index is 0.707. The van der Waals surface area contributed by atoms with Crippen molar-refractivity contribution in [2.24, 2.45) is 11.8 Å². The van der Waals surface area contributed by atoms with Gasteiger partial charge in [-0.3, -0.25) is 5.84 Å². The van der Waals surface area contributed by atoms with Crippen LogP contribution in [0.25, 0.3) is 0 Å². The Morgan fingerprint density at radius 2 is 2.00 bits per heavy atom. The molecule has 1 aliphatic rings. The number of rotatable bonds is 2. The predicted octanol–water partition coefficient (Wildman–Crippen LogP) is 2.49. The second-order valence-corrected chi connectivity index (χ2v) is 5.24. The maximum absolute atomic E-state index is 5.92. The number of thiol groups is 1. The summed E-state index contributed by atoms with van der Waals surface area (Å²) >= 11 is 4.30. The summed E-state index contributed by atoms with van der Waals surface area (Å²) in [5, 5.41) is 1.98. The monoisotopic (exact) mass is 236 g/mol. The summed E-state index contributed by atoms with van der Waals surface area (Å²) in [6.45, 7) is 2.08. The van der Waals surface area contributed by atoms with E-state index in [1.54, 1.807) is 0 Å². The zero-order valence-corrected chi connectivity index (χ0v) is 10.5. The molecule has 3 heteroatoms. The SMILES string of the molecule is NN1CCCCC(Cc2ccc(S)cc2)C1. The van der Waals surface area contributed by atoms with Gasteiger partial charge in [0.05, 0.1) is 0 Å². The number of hydrogen-bond donors (Lipinski definition) is 2. The van der Waals surface area contributed by atoms with Crippen LogP contribution in [0.5, 0.6) is 0 Å². The normalized spacial score (nSPS) is 23.0. The highest BCUT2D eigenvalue weighted by molar-refractivity contribution is 7.80. The van der Waals surface area contributed by atoms with E-state index in [1.807, 2.05) is 5.01 Å². The Morgan fingerprint density at radius 3 is 2.75 bits per heavy atom. The lowest BCUT2D eigenvalue weighted by molar-refractivity contribution is 0.255. The molecule has 1 heterocycles. The fourth-order valence-electron chi connectivity index (χ4n) is 2.39. The van der Waals surface area contributed by atoms with E-state index < -0.39 is 0 Å². The van der Waals surface area contributed by atoms with Crippen molar-refractivity contribution in [1.29, 1.82) is 0 Å². The zero-order chi connectivity index (χ0) is 11.4.